The molecule has 0 atom stereocenters. The van der Waals surface area contributed by atoms with Gasteiger partial charge in [-0.1, -0.05) is 0 Å². The van der Waals surface area contributed by atoms with Crippen LogP contribution in [0.1, 0.15) is 17.3 Å². The van der Waals surface area contributed by atoms with Gasteiger partial charge in [-0.15, -0.1) is 0 Å². The van der Waals surface area contributed by atoms with Crippen molar-refractivity contribution in [3.8, 4) is 0 Å². The van der Waals surface area contributed by atoms with E-state index in [0.29, 0.717) is 12.2 Å². The van der Waals surface area contributed by atoms with Crippen molar-refractivity contribution in [1.82, 2.24) is 4.98 Å². The zero-order valence-corrected chi connectivity index (χ0v) is 10.4. The number of hydrogen-bond acceptors (Lipinski definition) is 3. The van der Waals surface area contributed by atoms with E-state index in [1.165, 1.54) is 24.5 Å². The molecular weight excluding hydrogens is 247 g/mol. The number of aromatic nitrogens is 1. The van der Waals surface area contributed by atoms with Crippen molar-refractivity contribution in [1.29, 1.82) is 0 Å². The van der Waals surface area contributed by atoms with Crippen molar-refractivity contribution >= 4 is 17.3 Å². The first-order chi connectivity index (χ1) is 9.13. The summed E-state index contributed by atoms with van der Waals surface area (Å²) in [5.74, 6) is -1.36. The summed E-state index contributed by atoms with van der Waals surface area (Å²) < 4.78 is 12.9. The van der Waals surface area contributed by atoms with Gasteiger partial charge in [-0.3, -0.25) is 4.98 Å². The van der Waals surface area contributed by atoms with E-state index < -0.39 is 5.97 Å². The average molecular weight is 260 g/mol. The zero-order chi connectivity index (χ0) is 13.8. The van der Waals surface area contributed by atoms with Crippen molar-refractivity contribution < 1.29 is 14.3 Å². The third-order valence-electron chi connectivity index (χ3n) is 2.77. The monoisotopic (exact) mass is 260 g/mol. The molecule has 98 valence electrons. The molecule has 1 aromatic carbocycles. The minimum atomic E-state index is -1.04. The predicted octanol–water partition coefficient (Wildman–Crippen LogP) is 3.08. The van der Waals surface area contributed by atoms with Crippen molar-refractivity contribution in [3.63, 3.8) is 0 Å². The van der Waals surface area contributed by atoms with Gasteiger partial charge in [-0.2, -0.15) is 0 Å². The Kier molecular flexibility index (Phi) is 3.75. The van der Waals surface area contributed by atoms with Crippen molar-refractivity contribution in [2.24, 2.45) is 0 Å². The van der Waals surface area contributed by atoms with Crippen LogP contribution >= 0.6 is 0 Å². The van der Waals surface area contributed by atoms with Crippen LogP contribution in [-0.4, -0.2) is 22.6 Å². The summed E-state index contributed by atoms with van der Waals surface area (Å²) in [5, 5.41) is 9.17. The van der Waals surface area contributed by atoms with Crippen molar-refractivity contribution in [2.45, 2.75) is 6.92 Å². The van der Waals surface area contributed by atoms with Gasteiger partial charge in [0, 0.05) is 24.6 Å². The first-order valence-corrected chi connectivity index (χ1v) is 5.84. The Bertz CT molecular complexity index is 584. The number of carboxylic acid groups (broad SMARTS) is 1. The molecule has 2 aromatic rings. The molecule has 0 radical (unpaired) electrons. The largest absolute Gasteiger partial charge is 0.478 e. The minimum Gasteiger partial charge on any atom is -0.478 e. The second-order valence-corrected chi connectivity index (χ2v) is 3.92. The van der Waals surface area contributed by atoms with E-state index in [1.807, 2.05) is 6.92 Å². The van der Waals surface area contributed by atoms with Gasteiger partial charge in [0.2, 0.25) is 0 Å². The van der Waals surface area contributed by atoms with Crippen LogP contribution in [0.15, 0.2) is 42.7 Å². The quantitative estimate of drug-likeness (QED) is 0.917. The lowest BCUT2D eigenvalue weighted by atomic mass is 10.2. The van der Waals surface area contributed by atoms with Crippen LogP contribution in [0.25, 0.3) is 0 Å². The normalized spacial score (nSPS) is 10.2. The Morgan fingerprint density at radius 1 is 1.32 bits per heavy atom. The van der Waals surface area contributed by atoms with Gasteiger partial charge in [0.1, 0.15) is 11.4 Å². The molecule has 1 N–H and O–H groups in total. The molecule has 2 rings (SSSR count). The summed E-state index contributed by atoms with van der Waals surface area (Å²) in [7, 11) is 0. The lowest BCUT2D eigenvalue weighted by molar-refractivity contribution is 0.0697. The van der Waals surface area contributed by atoms with Gasteiger partial charge in [0.15, 0.2) is 0 Å². The summed E-state index contributed by atoms with van der Waals surface area (Å²) >= 11 is 0. The molecular formula is C14H13FN2O2. The molecule has 0 amide bonds. The van der Waals surface area contributed by atoms with E-state index in [2.05, 4.69) is 4.98 Å². The molecule has 0 aliphatic rings. The first kappa shape index (κ1) is 13.0. The summed E-state index contributed by atoms with van der Waals surface area (Å²) in [5.41, 5.74) is 1.39. The lowest BCUT2D eigenvalue weighted by Crippen LogP contribution is -2.19. The van der Waals surface area contributed by atoms with Gasteiger partial charge < -0.3 is 10.0 Å². The van der Waals surface area contributed by atoms with Gasteiger partial charge in [-0.05, 0) is 37.3 Å². The molecule has 0 bridgehead atoms. The highest BCUT2D eigenvalue weighted by Crippen LogP contribution is 2.27. The summed E-state index contributed by atoms with van der Waals surface area (Å²) in [4.78, 5) is 16.8. The zero-order valence-electron chi connectivity index (χ0n) is 10.4. The molecule has 1 aromatic heterocycles. The molecule has 0 aliphatic carbocycles. The van der Waals surface area contributed by atoms with E-state index in [9.17, 15) is 14.3 Å². The third kappa shape index (κ3) is 2.70. The maximum atomic E-state index is 12.9. The summed E-state index contributed by atoms with van der Waals surface area (Å²) in [6.45, 7) is 2.46. The highest BCUT2D eigenvalue weighted by atomic mass is 19.1. The van der Waals surface area contributed by atoms with Crippen LogP contribution in [0, 0.1) is 5.82 Å². The molecule has 0 aliphatic heterocycles. The van der Waals surface area contributed by atoms with E-state index >= 15 is 0 Å². The third-order valence-corrected chi connectivity index (χ3v) is 2.77. The number of benzene rings is 1. The smallest absolute Gasteiger partial charge is 0.339 e. The molecule has 19 heavy (non-hydrogen) atoms. The first-order valence-electron chi connectivity index (χ1n) is 5.84. The maximum absolute atomic E-state index is 12.9. The van der Waals surface area contributed by atoms with Gasteiger partial charge >= 0.3 is 5.97 Å². The van der Waals surface area contributed by atoms with Crippen LogP contribution in [0.2, 0.25) is 0 Å². The Balaban J connectivity index is 2.48. The Hall–Kier alpha value is -2.43. The van der Waals surface area contributed by atoms with E-state index in [-0.39, 0.29) is 11.4 Å². The molecule has 0 saturated heterocycles. The van der Waals surface area contributed by atoms with Crippen LogP contribution in [0.3, 0.4) is 0 Å². The fraction of sp³-hybridized carbons (Fsp3) is 0.143. The molecule has 4 nitrogen and oxygen atoms in total. The van der Waals surface area contributed by atoms with E-state index in [1.54, 1.807) is 23.1 Å². The number of anilines is 2. The minimum absolute atomic E-state index is 0.119. The van der Waals surface area contributed by atoms with Crippen molar-refractivity contribution in [3.05, 3.63) is 54.1 Å². The van der Waals surface area contributed by atoms with Gasteiger partial charge in [0.05, 0.1) is 5.69 Å². The van der Waals surface area contributed by atoms with Crippen LogP contribution in [-0.2, 0) is 0 Å². The number of aromatic carboxylic acids is 1. The number of rotatable bonds is 4. The van der Waals surface area contributed by atoms with Crippen LogP contribution in [0.4, 0.5) is 15.8 Å². The van der Waals surface area contributed by atoms with Gasteiger partial charge in [0.25, 0.3) is 0 Å². The number of pyridine rings is 1. The second kappa shape index (κ2) is 5.48. The average Bonchev–Trinajstić information content (AvgIpc) is 2.42. The molecule has 0 unspecified atom stereocenters. The topological polar surface area (TPSA) is 53.4 Å². The number of carboxylic acids is 1. The number of carbonyl (C=O) groups is 1. The fourth-order valence-corrected chi connectivity index (χ4v) is 1.90. The molecule has 0 fully saturated rings. The van der Waals surface area contributed by atoms with Crippen molar-refractivity contribution in [2.75, 3.05) is 11.4 Å². The highest BCUT2D eigenvalue weighted by Gasteiger charge is 2.16. The number of nitrogens with zero attached hydrogens (tertiary/aromatic N) is 2. The van der Waals surface area contributed by atoms with Crippen LogP contribution in [0.5, 0.6) is 0 Å². The SMILES string of the molecule is CCN(c1ccc(F)cc1)c1ccncc1C(=O)O. The number of halogens is 1. The highest BCUT2D eigenvalue weighted by molar-refractivity contribution is 5.95. The molecule has 1 heterocycles. The predicted molar refractivity (Wildman–Crippen MR) is 70.3 cm³/mol. The fourth-order valence-electron chi connectivity index (χ4n) is 1.90. The Labute approximate surface area is 110 Å². The summed E-state index contributed by atoms with van der Waals surface area (Å²) in [6.07, 6.45) is 2.85. The Morgan fingerprint density at radius 2 is 2.00 bits per heavy atom. The molecule has 0 spiro atoms. The standard InChI is InChI=1S/C14H13FN2O2/c1-2-17(11-5-3-10(15)4-6-11)13-7-8-16-9-12(13)14(18)19/h3-9H,2H2,1H3,(H,18,19). The number of hydrogen-bond donors (Lipinski definition) is 1. The van der Waals surface area contributed by atoms with E-state index in [4.69, 9.17) is 0 Å². The van der Waals surface area contributed by atoms with E-state index in [0.717, 1.165) is 5.69 Å². The molecule has 5 heteroatoms. The maximum Gasteiger partial charge on any atom is 0.339 e. The van der Waals surface area contributed by atoms with Gasteiger partial charge in [-0.25, -0.2) is 9.18 Å². The molecule has 0 saturated carbocycles. The second-order valence-electron chi connectivity index (χ2n) is 3.92. The lowest BCUT2D eigenvalue weighted by Gasteiger charge is -2.24. The summed E-state index contributed by atoms with van der Waals surface area (Å²) in [6, 6.07) is 7.56. The van der Waals surface area contributed by atoms with Crippen LogP contribution < -0.4 is 4.90 Å². The Morgan fingerprint density at radius 3 is 2.58 bits per heavy atom.